The van der Waals surface area contributed by atoms with Gasteiger partial charge in [0.1, 0.15) is 0 Å². The fraction of sp³-hybridized carbons (Fsp3) is 0.516. The summed E-state index contributed by atoms with van der Waals surface area (Å²) >= 11 is 0. The number of hydrogen-bond acceptors (Lipinski definition) is 6. The molecule has 2 aromatic carbocycles. The number of rotatable bonds is 5. The summed E-state index contributed by atoms with van der Waals surface area (Å²) in [6.07, 6.45) is 2.05. The Morgan fingerprint density at radius 1 is 1.12 bits per heavy atom. The fourth-order valence-electron chi connectivity index (χ4n) is 7.86. The molecule has 4 aliphatic rings. The number of anilines is 3. The quantitative estimate of drug-likeness (QED) is 0.527. The molecule has 41 heavy (non-hydrogen) atoms. The highest BCUT2D eigenvalue weighted by Gasteiger charge is 2.66. The minimum Gasteiger partial charge on any atom is -0.432 e. The third kappa shape index (κ3) is 4.26. The smallest absolute Gasteiger partial charge is 0.264 e. The van der Waals surface area contributed by atoms with Crippen molar-refractivity contribution in [1.82, 2.24) is 4.90 Å². The van der Waals surface area contributed by atoms with Crippen LogP contribution >= 0.6 is 0 Å². The number of likely N-dealkylation sites (N-methyl/N-ethyl adjacent to an activating group) is 1. The molecule has 2 saturated heterocycles. The van der Waals surface area contributed by atoms with Crippen molar-refractivity contribution < 1.29 is 29.0 Å². The Labute approximate surface area is 241 Å². The normalized spacial score (nSPS) is 29.5. The molecule has 6 rings (SSSR count). The standard InChI is InChI=1S/C31H39N3O6Si/c1-19-29(41(3,4)39)26(17-28(37)33-15-7-9-22(33)18-35)40-31(19)23-16-21(12-13-25(23)32(2)30(31)38)34-24-10-6-5-8-20(24)11-14-27(34)36/h5-6,8,10,12-13,16,19,22,26,29,35,39H,7,9,11,14-15,17-18H2,1-4H3/t19-,22+,26+,29-,31+/m1/s1. The monoisotopic (exact) mass is 577 g/mol. The maximum absolute atomic E-state index is 14.1. The molecule has 5 atom stereocenters. The van der Waals surface area contributed by atoms with Gasteiger partial charge in [-0.2, -0.15) is 0 Å². The first-order valence-corrected chi connectivity index (χ1v) is 17.7. The van der Waals surface area contributed by atoms with Crippen LogP contribution in [0.1, 0.15) is 43.7 Å². The van der Waals surface area contributed by atoms with Crippen molar-refractivity contribution in [2.24, 2.45) is 5.92 Å². The number of fused-ring (bicyclic) bond motifs is 3. The summed E-state index contributed by atoms with van der Waals surface area (Å²) < 4.78 is 6.78. The SMILES string of the molecule is C[C@@H]1[C@@H]([Si](C)(C)O)[C@H](CC(=O)N2CCC[C@H]2CO)O[C@@]12C(=O)N(C)c1ccc(N3C(=O)CCc4ccccc43)cc12. The summed E-state index contributed by atoms with van der Waals surface area (Å²) in [6, 6.07) is 13.3. The predicted molar refractivity (Wildman–Crippen MR) is 157 cm³/mol. The highest BCUT2D eigenvalue weighted by molar-refractivity contribution is 6.71. The lowest BCUT2D eigenvalue weighted by molar-refractivity contribution is -0.149. The van der Waals surface area contributed by atoms with Gasteiger partial charge in [-0.25, -0.2) is 0 Å². The predicted octanol–water partition coefficient (Wildman–Crippen LogP) is 3.45. The van der Waals surface area contributed by atoms with Gasteiger partial charge in [0.15, 0.2) is 13.9 Å². The number of para-hydroxylation sites is 1. The van der Waals surface area contributed by atoms with Crippen LogP contribution in [-0.4, -0.2) is 73.2 Å². The van der Waals surface area contributed by atoms with Crippen molar-refractivity contribution in [2.75, 3.05) is 30.0 Å². The summed E-state index contributed by atoms with van der Waals surface area (Å²) in [4.78, 5) is 57.4. The van der Waals surface area contributed by atoms with E-state index in [1.54, 1.807) is 21.7 Å². The Hall–Kier alpha value is -3.05. The molecule has 9 nitrogen and oxygen atoms in total. The van der Waals surface area contributed by atoms with E-state index in [9.17, 15) is 24.3 Å². The average molecular weight is 578 g/mol. The summed E-state index contributed by atoms with van der Waals surface area (Å²) in [5, 5.41) is 9.79. The molecule has 2 fully saturated rings. The molecule has 0 unspecified atom stereocenters. The van der Waals surface area contributed by atoms with Crippen molar-refractivity contribution in [3.8, 4) is 0 Å². The Morgan fingerprint density at radius 3 is 2.61 bits per heavy atom. The lowest BCUT2D eigenvalue weighted by Crippen LogP contribution is -2.45. The molecule has 0 radical (unpaired) electrons. The Bertz CT molecular complexity index is 1410. The number of likely N-dealkylation sites (tertiary alicyclic amines) is 1. The Morgan fingerprint density at radius 2 is 1.88 bits per heavy atom. The molecular weight excluding hydrogens is 538 g/mol. The maximum atomic E-state index is 14.1. The number of ether oxygens (including phenoxy) is 1. The van der Waals surface area contributed by atoms with Gasteiger partial charge in [-0.3, -0.25) is 19.3 Å². The zero-order valence-electron chi connectivity index (χ0n) is 24.2. The van der Waals surface area contributed by atoms with Gasteiger partial charge in [0.2, 0.25) is 11.8 Å². The number of aliphatic hydroxyl groups excluding tert-OH is 1. The maximum Gasteiger partial charge on any atom is 0.264 e. The molecule has 0 aromatic heterocycles. The van der Waals surface area contributed by atoms with Crippen LogP contribution in [0.15, 0.2) is 42.5 Å². The van der Waals surface area contributed by atoms with Crippen LogP contribution in [0, 0.1) is 5.92 Å². The number of aryl methyl sites for hydroxylation is 1. The van der Waals surface area contributed by atoms with Gasteiger partial charge in [-0.15, -0.1) is 0 Å². The number of carbonyl (C=O) groups excluding carboxylic acids is 3. The first kappa shape index (κ1) is 28.1. The number of benzene rings is 2. The molecule has 10 heteroatoms. The molecule has 0 aliphatic carbocycles. The first-order chi connectivity index (χ1) is 19.5. The van der Waals surface area contributed by atoms with Crippen LogP contribution < -0.4 is 9.80 Å². The zero-order chi connectivity index (χ0) is 29.3. The third-order valence-electron chi connectivity index (χ3n) is 9.73. The number of amides is 3. The van der Waals surface area contributed by atoms with Gasteiger partial charge < -0.3 is 24.4 Å². The molecule has 4 aliphatic heterocycles. The van der Waals surface area contributed by atoms with Crippen molar-refractivity contribution in [3.63, 3.8) is 0 Å². The highest BCUT2D eigenvalue weighted by Crippen LogP contribution is 2.60. The summed E-state index contributed by atoms with van der Waals surface area (Å²) in [7, 11) is -1.21. The van der Waals surface area contributed by atoms with E-state index in [1.807, 2.05) is 62.5 Å². The molecule has 0 bridgehead atoms. The molecule has 2 aromatic rings. The van der Waals surface area contributed by atoms with Crippen LogP contribution in [0.4, 0.5) is 17.1 Å². The number of hydrogen-bond donors (Lipinski definition) is 2. The van der Waals surface area contributed by atoms with Crippen LogP contribution in [-0.2, 0) is 31.1 Å². The number of carbonyl (C=O) groups is 3. The second-order valence-corrected chi connectivity index (χ2v) is 16.5. The van der Waals surface area contributed by atoms with Crippen LogP contribution in [0.2, 0.25) is 18.6 Å². The van der Waals surface area contributed by atoms with E-state index in [-0.39, 0.29) is 42.3 Å². The average Bonchev–Trinajstić information content (AvgIpc) is 3.59. The second-order valence-electron chi connectivity index (χ2n) is 12.6. The van der Waals surface area contributed by atoms with Gasteiger partial charge in [-0.1, -0.05) is 25.1 Å². The van der Waals surface area contributed by atoms with Crippen LogP contribution in [0.5, 0.6) is 0 Å². The van der Waals surface area contributed by atoms with Gasteiger partial charge >= 0.3 is 0 Å². The minimum atomic E-state index is -2.93. The lowest BCUT2D eigenvalue weighted by Gasteiger charge is -2.33. The van der Waals surface area contributed by atoms with Crippen molar-refractivity contribution in [3.05, 3.63) is 53.6 Å². The molecule has 0 saturated carbocycles. The minimum absolute atomic E-state index is 0.00920. The van der Waals surface area contributed by atoms with Gasteiger partial charge in [-0.05, 0) is 62.2 Å². The number of aliphatic hydroxyl groups is 1. The van der Waals surface area contributed by atoms with E-state index >= 15 is 0 Å². The largest absolute Gasteiger partial charge is 0.432 e. The van der Waals surface area contributed by atoms with Crippen molar-refractivity contribution >= 4 is 43.1 Å². The van der Waals surface area contributed by atoms with E-state index in [0.29, 0.717) is 36.3 Å². The molecular formula is C31H39N3O6Si. The second kappa shape index (κ2) is 10.0. The molecule has 3 amide bonds. The summed E-state index contributed by atoms with van der Waals surface area (Å²) in [6.45, 7) is 6.12. The molecule has 1 spiro atoms. The molecule has 218 valence electrons. The lowest BCUT2D eigenvalue weighted by atomic mass is 9.82. The van der Waals surface area contributed by atoms with Crippen LogP contribution in [0.25, 0.3) is 0 Å². The zero-order valence-corrected chi connectivity index (χ0v) is 25.2. The highest BCUT2D eigenvalue weighted by atomic mass is 28.4. The van der Waals surface area contributed by atoms with E-state index in [1.165, 1.54) is 0 Å². The summed E-state index contributed by atoms with van der Waals surface area (Å²) in [5.74, 6) is -0.766. The Balaban J connectivity index is 1.42. The van der Waals surface area contributed by atoms with Gasteiger partial charge in [0.25, 0.3) is 5.91 Å². The number of nitrogens with zero attached hydrogens (tertiary/aromatic N) is 3. The van der Waals surface area contributed by atoms with Gasteiger partial charge in [0.05, 0.1) is 36.5 Å². The van der Waals surface area contributed by atoms with E-state index < -0.39 is 25.9 Å². The van der Waals surface area contributed by atoms with E-state index in [4.69, 9.17) is 4.74 Å². The topological polar surface area (TPSA) is 111 Å². The Kier molecular flexibility index (Phi) is 6.88. The van der Waals surface area contributed by atoms with Crippen molar-refractivity contribution in [1.29, 1.82) is 0 Å². The van der Waals surface area contributed by atoms with Crippen molar-refractivity contribution in [2.45, 2.75) is 75.4 Å². The fourth-order valence-corrected chi connectivity index (χ4v) is 10.4. The van der Waals surface area contributed by atoms with Gasteiger partial charge in [0, 0.05) is 42.7 Å². The third-order valence-corrected chi connectivity index (χ3v) is 12.2. The van der Waals surface area contributed by atoms with Crippen LogP contribution in [0.3, 0.4) is 0 Å². The van der Waals surface area contributed by atoms with E-state index in [2.05, 4.69) is 0 Å². The van der Waals surface area contributed by atoms with E-state index in [0.717, 1.165) is 24.1 Å². The molecule has 2 N–H and O–H groups in total. The molecule has 4 heterocycles. The first-order valence-electron chi connectivity index (χ1n) is 14.6. The summed E-state index contributed by atoms with van der Waals surface area (Å²) in [5.41, 5.74) is 2.19.